The minimum absolute atomic E-state index is 0.0161. The van der Waals surface area contributed by atoms with Crippen LogP contribution >= 0.6 is 15.9 Å². The van der Waals surface area contributed by atoms with Crippen molar-refractivity contribution in [2.75, 3.05) is 0 Å². The number of hydrogen-bond acceptors (Lipinski definition) is 5. The van der Waals surface area contributed by atoms with E-state index in [-0.39, 0.29) is 22.4 Å². The summed E-state index contributed by atoms with van der Waals surface area (Å²) in [4.78, 5) is 23.6. The molecule has 0 heterocycles. The van der Waals surface area contributed by atoms with Crippen LogP contribution in [-0.2, 0) is 19.6 Å². The predicted molar refractivity (Wildman–Crippen MR) is 81.6 cm³/mol. The van der Waals surface area contributed by atoms with Crippen molar-refractivity contribution in [1.29, 1.82) is 0 Å². The van der Waals surface area contributed by atoms with E-state index in [1.165, 1.54) is 19.1 Å². The zero-order valence-electron chi connectivity index (χ0n) is 11.7. The highest BCUT2D eigenvalue weighted by Gasteiger charge is 2.28. The molecule has 0 aromatic heterocycles. The maximum atomic E-state index is 12.1. The Morgan fingerprint density at radius 1 is 1.41 bits per heavy atom. The number of hydrogen-bond donors (Lipinski definition) is 2. The van der Waals surface area contributed by atoms with Gasteiger partial charge in [-0.05, 0) is 53.9 Å². The maximum absolute atomic E-state index is 12.1. The molecular weight excluding hydrogens is 376 g/mol. The molecule has 0 spiro atoms. The summed E-state index contributed by atoms with van der Waals surface area (Å²) in [7, 11) is -3.94. The van der Waals surface area contributed by atoms with Crippen molar-refractivity contribution >= 4 is 37.8 Å². The molecule has 0 radical (unpaired) electrons. The molecular formula is C13H15BrN2O5S. The molecule has 1 aromatic rings. The van der Waals surface area contributed by atoms with Crippen molar-refractivity contribution in [3.63, 3.8) is 0 Å². The second-order valence-corrected chi connectivity index (χ2v) is 7.43. The van der Waals surface area contributed by atoms with Gasteiger partial charge in [0.25, 0.3) is 5.91 Å². The fraction of sp³-hybridized carbons (Fsp3) is 0.385. The molecule has 1 fully saturated rings. The molecule has 1 aliphatic carbocycles. The van der Waals surface area contributed by atoms with Gasteiger partial charge in [-0.1, -0.05) is 0 Å². The summed E-state index contributed by atoms with van der Waals surface area (Å²) in [5, 5.41) is 7.74. The summed E-state index contributed by atoms with van der Waals surface area (Å²) >= 11 is 3.14. The molecule has 9 heteroatoms. The van der Waals surface area contributed by atoms with Crippen LogP contribution in [0.4, 0.5) is 0 Å². The first kappa shape index (κ1) is 16.9. The van der Waals surface area contributed by atoms with Gasteiger partial charge in [0.15, 0.2) is 6.10 Å². The lowest BCUT2D eigenvalue weighted by molar-refractivity contribution is -0.129. The number of carbonyl (C=O) groups excluding carboxylic acids is 2. The van der Waals surface area contributed by atoms with Crippen LogP contribution in [0.5, 0.6) is 0 Å². The van der Waals surface area contributed by atoms with Crippen LogP contribution in [-0.4, -0.2) is 32.4 Å². The van der Waals surface area contributed by atoms with Crippen LogP contribution in [0.25, 0.3) is 0 Å². The Bertz CT molecular complexity index is 715. The predicted octanol–water partition coefficient (Wildman–Crippen LogP) is 0.920. The molecule has 1 saturated carbocycles. The number of carbonyl (C=O) groups is 2. The van der Waals surface area contributed by atoms with E-state index in [2.05, 4.69) is 21.2 Å². The Morgan fingerprint density at radius 3 is 2.59 bits per heavy atom. The average Bonchev–Trinajstić information content (AvgIpc) is 3.21. The van der Waals surface area contributed by atoms with Crippen LogP contribution in [0, 0.1) is 0 Å². The van der Waals surface area contributed by atoms with Gasteiger partial charge >= 0.3 is 5.97 Å². The number of ether oxygens (including phenoxy) is 1. The molecule has 3 N–H and O–H groups in total. The second-order valence-electron chi connectivity index (χ2n) is 5.02. The highest BCUT2D eigenvalue weighted by Crippen LogP contribution is 2.22. The Morgan fingerprint density at radius 2 is 2.05 bits per heavy atom. The monoisotopic (exact) mass is 390 g/mol. The molecule has 0 unspecified atom stereocenters. The Labute approximate surface area is 136 Å². The highest BCUT2D eigenvalue weighted by molar-refractivity contribution is 9.10. The summed E-state index contributed by atoms with van der Waals surface area (Å²) in [5.74, 6) is -1.19. The number of amides is 1. The standard InChI is InChI=1S/C13H15BrN2O5S/c1-7(12(17)16-8-2-3-8)21-13(18)10-6-9(22(15,19)20)4-5-11(10)14/h4-8H,2-3H2,1H3,(H,16,17)(H2,15,19,20)/t7-/m0/s1. The molecule has 0 bridgehead atoms. The molecule has 120 valence electrons. The SMILES string of the molecule is C[C@H](OC(=O)c1cc(S(N)(=O)=O)ccc1Br)C(=O)NC1CC1. The summed E-state index contributed by atoms with van der Waals surface area (Å²) in [6.07, 6.45) is 0.876. The molecule has 0 aliphatic heterocycles. The molecule has 2 rings (SSSR count). The number of halogens is 1. The van der Waals surface area contributed by atoms with Gasteiger partial charge in [0, 0.05) is 10.5 Å². The van der Waals surface area contributed by atoms with Gasteiger partial charge in [0.1, 0.15) is 0 Å². The molecule has 1 amide bonds. The van der Waals surface area contributed by atoms with Crippen LogP contribution in [0.2, 0.25) is 0 Å². The zero-order valence-corrected chi connectivity index (χ0v) is 14.1. The average molecular weight is 391 g/mol. The van der Waals surface area contributed by atoms with E-state index >= 15 is 0 Å². The van der Waals surface area contributed by atoms with E-state index in [9.17, 15) is 18.0 Å². The van der Waals surface area contributed by atoms with Crippen molar-refractivity contribution in [3.05, 3.63) is 28.2 Å². The summed E-state index contributed by atoms with van der Waals surface area (Å²) in [5.41, 5.74) is -0.0161. The number of rotatable bonds is 5. The lowest BCUT2D eigenvalue weighted by atomic mass is 10.2. The van der Waals surface area contributed by atoms with E-state index < -0.39 is 22.1 Å². The van der Waals surface area contributed by atoms with Crippen LogP contribution in [0.15, 0.2) is 27.6 Å². The molecule has 1 aromatic carbocycles. The molecule has 22 heavy (non-hydrogen) atoms. The van der Waals surface area contributed by atoms with E-state index in [0.717, 1.165) is 18.9 Å². The number of primary sulfonamides is 1. The van der Waals surface area contributed by atoms with E-state index in [0.29, 0.717) is 4.47 Å². The third kappa shape index (κ3) is 4.28. The summed E-state index contributed by atoms with van der Waals surface area (Å²) in [6.45, 7) is 1.45. The first-order chi connectivity index (χ1) is 10.2. The van der Waals surface area contributed by atoms with Crippen molar-refractivity contribution < 1.29 is 22.7 Å². The lowest BCUT2D eigenvalue weighted by Gasteiger charge is -2.14. The molecule has 1 atom stereocenters. The molecule has 1 aliphatic rings. The minimum atomic E-state index is -3.94. The molecule has 0 saturated heterocycles. The third-order valence-electron chi connectivity index (χ3n) is 3.06. The lowest BCUT2D eigenvalue weighted by Crippen LogP contribution is -2.37. The second kappa shape index (κ2) is 6.35. The maximum Gasteiger partial charge on any atom is 0.340 e. The summed E-state index contributed by atoms with van der Waals surface area (Å²) in [6, 6.07) is 3.91. The van der Waals surface area contributed by atoms with Crippen molar-refractivity contribution in [1.82, 2.24) is 5.32 Å². The quantitative estimate of drug-likeness (QED) is 0.725. The van der Waals surface area contributed by atoms with Gasteiger partial charge in [-0.2, -0.15) is 0 Å². The van der Waals surface area contributed by atoms with Crippen molar-refractivity contribution in [2.45, 2.75) is 36.8 Å². The van der Waals surface area contributed by atoms with Crippen molar-refractivity contribution in [3.8, 4) is 0 Å². The van der Waals surface area contributed by atoms with E-state index in [4.69, 9.17) is 9.88 Å². The van der Waals surface area contributed by atoms with Gasteiger partial charge in [0.05, 0.1) is 10.5 Å². The van der Waals surface area contributed by atoms with Gasteiger partial charge in [-0.25, -0.2) is 18.4 Å². The largest absolute Gasteiger partial charge is 0.449 e. The molecule has 7 nitrogen and oxygen atoms in total. The fourth-order valence-corrected chi connectivity index (χ4v) is 2.61. The number of nitrogens with two attached hydrogens (primary N) is 1. The fourth-order valence-electron chi connectivity index (χ4n) is 1.66. The first-order valence-electron chi connectivity index (χ1n) is 6.52. The van der Waals surface area contributed by atoms with Gasteiger partial charge in [-0.15, -0.1) is 0 Å². The Balaban J connectivity index is 2.12. The first-order valence-corrected chi connectivity index (χ1v) is 8.86. The Hall–Kier alpha value is -1.45. The third-order valence-corrected chi connectivity index (χ3v) is 4.67. The smallest absolute Gasteiger partial charge is 0.340 e. The minimum Gasteiger partial charge on any atom is -0.449 e. The van der Waals surface area contributed by atoms with Gasteiger partial charge in [-0.3, -0.25) is 4.79 Å². The van der Waals surface area contributed by atoms with E-state index in [1.54, 1.807) is 0 Å². The number of sulfonamides is 1. The van der Waals surface area contributed by atoms with Crippen LogP contribution in [0.3, 0.4) is 0 Å². The Kier molecular flexibility index (Phi) is 4.88. The highest BCUT2D eigenvalue weighted by atomic mass is 79.9. The van der Waals surface area contributed by atoms with Crippen LogP contribution < -0.4 is 10.5 Å². The number of nitrogens with one attached hydrogen (secondary N) is 1. The van der Waals surface area contributed by atoms with E-state index in [1.807, 2.05) is 0 Å². The van der Waals surface area contributed by atoms with Crippen LogP contribution in [0.1, 0.15) is 30.1 Å². The number of benzene rings is 1. The zero-order chi connectivity index (χ0) is 16.5. The van der Waals surface area contributed by atoms with Gasteiger partial charge in [0.2, 0.25) is 10.0 Å². The topological polar surface area (TPSA) is 116 Å². The van der Waals surface area contributed by atoms with Gasteiger partial charge < -0.3 is 10.1 Å². The van der Waals surface area contributed by atoms with Crippen molar-refractivity contribution in [2.24, 2.45) is 5.14 Å². The number of esters is 1. The normalized spacial score (nSPS) is 16.0. The summed E-state index contributed by atoms with van der Waals surface area (Å²) < 4.78 is 28.1.